The second kappa shape index (κ2) is 5.55. The van der Waals surface area contributed by atoms with Gasteiger partial charge in [0.25, 0.3) is 0 Å². The van der Waals surface area contributed by atoms with E-state index in [0.29, 0.717) is 0 Å². The van der Waals surface area contributed by atoms with Crippen molar-refractivity contribution >= 4 is 0 Å². The van der Waals surface area contributed by atoms with Gasteiger partial charge in [-0.15, -0.1) is 0 Å². The minimum atomic E-state index is 0. The summed E-state index contributed by atoms with van der Waals surface area (Å²) in [6.07, 6.45) is 0. The Morgan fingerprint density at radius 2 is 1.17 bits per heavy atom. The van der Waals surface area contributed by atoms with E-state index in [0.717, 1.165) is 8.97 Å². The van der Waals surface area contributed by atoms with E-state index < -0.39 is 0 Å². The highest BCUT2D eigenvalue weighted by molar-refractivity contribution is 4.16. The largest absolute Gasteiger partial charge is 0.284 e. The predicted octanol–water partition coefficient (Wildman–Crippen LogP) is 2.02. The van der Waals surface area contributed by atoms with Crippen LogP contribution in [-0.2, 0) is 0 Å². The molecule has 0 aromatic carbocycles. The lowest BCUT2D eigenvalue weighted by Gasteiger charge is -2.35. The van der Waals surface area contributed by atoms with Crippen LogP contribution in [0.3, 0.4) is 0 Å². The van der Waals surface area contributed by atoms with E-state index in [4.69, 9.17) is 0 Å². The second-order valence-electron chi connectivity index (χ2n) is 4.68. The number of quaternary nitrogens is 2. The maximum Gasteiger partial charge on any atom is 0.206 e. The summed E-state index contributed by atoms with van der Waals surface area (Å²) in [6, 6.07) is 0. The highest BCUT2D eigenvalue weighted by atomic mass is 15.5. The van der Waals surface area contributed by atoms with Crippen LogP contribution in [0.15, 0.2) is 0 Å². The molecule has 78 valence electrons. The highest BCUT2D eigenvalue weighted by Crippen LogP contribution is 2.01. The summed E-state index contributed by atoms with van der Waals surface area (Å²) in [7, 11) is 11.2. The van der Waals surface area contributed by atoms with Crippen LogP contribution in [-0.4, -0.2) is 57.4 Å². The molecule has 0 amide bonds. The summed E-state index contributed by atoms with van der Waals surface area (Å²) < 4.78 is 2.14. The summed E-state index contributed by atoms with van der Waals surface area (Å²) in [5.41, 5.74) is 0. The van der Waals surface area contributed by atoms with Crippen LogP contribution < -0.4 is 0 Å². The Bertz CT molecular complexity index is 101. The molecule has 12 heavy (non-hydrogen) atoms. The van der Waals surface area contributed by atoms with E-state index in [9.17, 15) is 0 Å². The standard InChI is InChI=1S/C8H22N2.2CH4/c1-7-10(5,6)8-9(2,3)4;;/h7-8H2,1-6H3;2*1H4/q+2;;. The Hall–Kier alpha value is -0.0800. The Kier molecular flexibility index (Phi) is 8.26. The molecule has 0 aliphatic heterocycles. The third-order valence-electron chi connectivity index (χ3n) is 1.66. The Morgan fingerprint density at radius 1 is 0.833 bits per heavy atom. The summed E-state index contributed by atoms with van der Waals surface area (Å²) in [5, 5.41) is 0. The average molecular weight is 178 g/mol. The fourth-order valence-corrected chi connectivity index (χ4v) is 1.25. The molecule has 0 aliphatic carbocycles. The molecular formula is C10H30N2+2. The fourth-order valence-electron chi connectivity index (χ4n) is 1.25. The SMILES string of the molecule is C.C.CC[N+](C)(C)C[N+](C)(C)C. The summed E-state index contributed by atoms with van der Waals surface area (Å²) in [4.78, 5) is 0. The monoisotopic (exact) mass is 178 g/mol. The van der Waals surface area contributed by atoms with E-state index in [-0.39, 0.29) is 14.9 Å². The lowest BCUT2D eigenvalue weighted by atomic mass is 10.5. The predicted molar refractivity (Wildman–Crippen MR) is 59.0 cm³/mol. The van der Waals surface area contributed by atoms with Crippen molar-refractivity contribution in [1.29, 1.82) is 0 Å². The Balaban J connectivity index is -0.000000405. The second-order valence-corrected chi connectivity index (χ2v) is 4.68. The molecule has 0 aromatic rings. The third-order valence-corrected chi connectivity index (χ3v) is 1.66. The van der Waals surface area contributed by atoms with Gasteiger partial charge in [-0.3, -0.25) is 8.97 Å². The van der Waals surface area contributed by atoms with Crippen LogP contribution in [0.25, 0.3) is 0 Å². The molecule has 0 aromatic heterocycles. The van der Waals surface area contributed by atoms with E-state index in [2.05, 4.69) is 42.2 Å². The van der Waals surface area contributed by atoms with Crippen molar-refractivity contribution in [2.75, 3.05) is 48.5 Å². The van der Waals surface area contributed by atoms with Crippen molar-refractivity contribution in [2.24, 2.45) is 0 Å². The van der Waals surface area contributed by atoms with Crippen LogP contribution in [0.2, 0.25) is 0 Å². The van der Waals surface area contributed by atoms with Crippen LogP contribution >= 0.6 is 0 Å². The quantitative estimate of drug-likeness (QED) is 0.458. The van der Waals surface area contributed by atoms with Crippen molar-refractivity contribution in [2.45, 2.75) is 21.8 Å². The topological polar surface area (TPSA) is 0 Å². The minimum Gasteiger partial charge on any atom is -0.284 e. The zero-order valence-electron chi connectivity index (χ0n) is 8.31. The van der Waals surface area contributed by atoms with Crippen LogP contribution in [0.4, 0.5) is 0 Å². The van der Waals surface area contributed by atoms with E-state index in [1.54, 1.807) is 0 Å². The van der Waals surface area contributed by atoms with Gasteiger partial charge in [0.15, 0.2) is 0 Å². The van der Waals surface area contributed by atoms with Gasteiger partial charge < -0.3 is 0 Å². The molecule has 0 spiro atoms. The number of rotatable bonds is 3. The maximum atomic E-state index is 2.27. The molecule has 2 heteroatoms. The lowest BCUT2D eigenvalue weighted by molar-refractivity contribution is -1.06. The summed E-state index contributed by atoms with van der Waals surface area (Å²) in [5.74, 6) is 0. The fraction of sp³-hybridized carbons (Fsp3) is 1.00. The van der Waals surface area contributed by atoms with Crippen molar-refractivity contribution in [1.82, 2.24) is 0 Å². The van der Waals surface area contributed by atoms with E-state index >= 15 is 0 Å². The first-order valence-corrected chi connectivity index (χ1v) is 3.89. The molecule has 0 aliphatic rings. The van der Waals surface area contributed by atoms with Gasteiger partial charge in [0, 0.05) is 0 Å². The highest BCUT2D eigenvalue weighted by Gasteiger charge is 2.20. The summed E-state index contributed by atoms with van der Waals surface area (Å²) >= 11 is 0. The van der Waals surface area contributed by atoms with Crippen molar-refractivity contribution in [3.63, 3.8) is 0 Å². The first-order chi connectivity index (χ1) is 4.27. The van der Waals surface area contributed by atoms with E-state index in [1.807, 2.05) is 0 Å². The zero-order valence-corrected chi connectivity index (χ0v) is 8.31. The first-order valence-electron chi connectivity index (χ1n) is 3.89. The Morgan fingerprint density at radius 3 is 1.25 bits per heavy atom. The summed E-state index contributed by atoms with van der Waals surface area (Å²) in [6.45, 7) is 4.63. The lowest BCUT2D eigenvalue weighted by Crippen LogP contribution is -2.53. The molecular weight excluding hydrogens is 148 g/mol. The molecule has 0 bridgehead atoms. The van der Waals surface area contributed by atoms with Crippen LogP contribution in [0, 0.1) is 0 Å². The molecule has 0 heterocycles. The molecule has 2 nitrogen and oxygen atoms in total. The van der Waals surface area contributed by atoms with Gasteiger partial charge in [-0.2, -0.15) is 0 Å². The smallest absolute Gasteiger partial charge is 0.206 e. The van der Waals surface area contributed by atoms with Crippen molar-refractivity contribution in [3.05, 3.63) is 0 Å². The molecule has 0 rings (SSSR count). The third kappa shape index (κ3) is 9.92. The zero-order chi connectivity index (χ0) is 8.41. The molecule has 0 atom stereocenters. The average Bonchev–Trinajstić information content (AvgIpc) is 1.60. The number of hydrogen-bond acceptors (Lipinski definition) is 0. The van der Waals surface area contributed by atoms with Gasteiger partial charge in [0.1, 0.15) is 0 Å². The van der Waals surface area contributed by atoms with Gasteiger partial charge in [0.2, 0.25) is 6.67 Å². The van der Waals surface area contributed by atoms with E-state index in [1.165, 1.54) is 13.2 Å². The molecule has 0 saturated heterocycles. The van der Waals surface area contributed by atoms with Gasteiger partial charge in [0.05, 0.1) is 41.8 Å². The molecule has 0 fully saturated rings. The number of hydrogen-bond donors (Lipinski definition) is 0. The van der Waals surface area contributed by atoms with Gasteiger partial charge >= 0.3 is 0 Å². The molecule has 0 unspecified atom stereocenters. The first kappa shape index (κ1) is 17.9. The van der Waals surface area contributed by atoms with Gasteiger partial charge in [-0.05, 0) is 6.92 Å². The molecule has 0 radical (unpaired) electrons. The van der Waals surface area contributed by atoms with Crippen LogP contribution in [0.1, 0.15) is 21.8 Å². The van der Waals surface area contributed by atoms with Crippen molar-refractivity contribution in [3.8, 4) is 0 Å². The maximum absolute atomic E-state index is 2.27. The number of nitrogens with zero attached hydrogens (tertiary/aromatic N) is 2. The minimum absolute atomic E-state index is 0. The van der Waals surface area contributed by atoms with Crippen LogP contribution in [0.5, 0.6) is 0 Å². The normalized spacial score (nSPS) is 11.5. The van der Waals surface area contributed by atoms with Gasteiger partial charge in [-0.1, -0.05) is 14.9 Å². The molecule has 0 saturated carbocycles. The Labute approximate surface area is 80.0 Å². The molecule has 0 N–H and O–H groups in total. The van der Waals surface area contributed by atoms with Gasteiger partial charge in [-0.25, -0.2) is 0 Å². The van der Waals surface area contributed by atoms with Crippen molar-refractivity contribution < 1.29 is 8.97 Å².